The molecule has 1 heterocycles. The first-order valence-electron chi connectivity index (χ1n) is 6.84. The Morgan fingerprint density at radius 2 is 2.19 bits per heavy atom. The van der Waals surface area contributed by atoms with Gasteiger partial charge >= 0.3 is 0 Å². The van der Waals surface area contributed by atoms with E-state index in [-0.39, 0.29) is 0 Å². The second-order valence-electron chi connectivity index (χ2n) is 5.28. The number of unbranched alkanes of at least 4 members (excludes halogenated alkanes) is 1. The van der Waals surface area contributed by atoms with Gasteiger partial charge in [-0.1, -0.05) is 0 Å². The Kier molecular flexibility index (Phi) is 7.01. The molecule has 16 heavy (non-hydrogen) atoms. The first-order valence-corrected chi connectivity index (χ1v) is 6.84. The SMILES string of the molecule is CC(C)N(C)CCCCNC1CCCNC1. The molecule has 1 saturated heterocycles. The van der Waals surface area contributed by atoms with Crippen LogP contribution in [0.2, 0.25) is 0 Å². The van der Waals surface area contributed by atoms with Crippen molar-refractivity contribution < 1.29 is 0 Å². The number of piperidine rings is 1. The lowest BCUT2D eigenvalue weighted by Crippen LogP contribution is -2.43. The van der Waals surface area contributed by atoms with Gasteiger partial charge in [-0.25, -0.2) is 0 Å². The molecule has 1 aliphatic rings. The van der Waals surface area contributed by atoms with Gasteiger partial charge in [0, 0.05) is 18.6 Å². The maximum atomic E-state index is 3.64. The zero-order chi connectivity index (χ0) is 11.8. The molecule has 0 aliphatic carbocycles. The van der Waals surface area contributed by atoms with E-state index in [1.54, 1.807) is 0 Å². The molecule has 1 fully saturated rings. The molecule has 2 N–H and O–H groups in total. The summed E-state index contributed by atoms with van der Waals surface area (Å²) < 4.78 is 0. The van der Waals surface area contributed by atoms with Crippen LogP contribution in [0.1, 0.15) is 39.5 Å². The number of nitrogens with one attached hydrogen (secondary N) is 2. The topological polar surface area (TPSA) is 27.3 Å². The molecule has 0 saturated carbocycles. The summed E-state index contributed by atoms with van der Waals surface area (Å²) in [5.41, 5.74) is 0. The highest BCUT2D eigenvalue weighted by molar-refractivity contribution is 4.74. The average Bonchev–Trinajstić information content (AvgIpc) is 2.29. The minimum absolute atomic E-state index is 0.676. The normalized spacial score (nSPS) is 21.9. The third kappa shape index (κ3) is 5.83. The number of hydrogen-bond donors (Lipinski definition) is 2. The summed E-state index contributed by atoms with van der Waals surface area (Å²) in [5.74, 6) is 0. The fourth-order valence-electron chi connectivity index (χ4n) is 2.08. The van der Waals surface area contributed by atoms with Crippen LogP contribution in [0.3, 0.4) is 0 Å². The third-order valence-corrected chi connectivity index (χ3v) is 3.55. The highest BCUT2D eigenvalue weighted by atomic mass is 15.1. The van der Waals surface area contributed by atoms with Crippen molar-refractivity contribution >= 4 is 0 Å². The van der Waals surface area contributed by atoms with Gasteiger partial charge in [0.05, 0.1) is 0 Å². The third-order valence-electron chi connectivity index (χ3n) is 3.55. The minimum Gasteiger partial charge on any atom is -0.315 e. The van der Waals surface area contributed by atoms with E-state index in [1.165, 1.54) is 45.3 Å². The van der Waals surface area contributed by atoms with Gasteiger partial charge in [-0.3, -0.25) is 0 Å². The van der Waals surface area contributed by atoms with E-state index >= 15 is 0 Å². The van der Waals surface area contributed by atoms with E-state index in [0.29, 0.717) is 6.04 Å². The Bertz CT molecular complexity index is 165. The van der Waals surface area contributed by atoms with E-state index in [4.69, 9.17) is 0 Å². The van der Waals surface area contributed by atoms with E-state index in [9.17, 15) is 0 Å². The molecular weight excluding hydrogens is 198 g/mol. The van der Waals surface area contributed by atoms with Crippen LogP contribution in [0.5, 0.6) is 0 Å². The summed E-state index contributed by atoms with van der Waals surface area (Å²) in [6.45, 7) is 9.28. The number of nitrogens with zero attached hydrogens (tertiary/aromatic N) is 1. The Balaban J connectivity index is 1.91. The molecule has 0 aromatic carbocycles. The molecular formula is C13H29N3. The van der Waals surface area contributed by atoms with Gasteiger partial charge in [0.1, 0.15) is 0 Å². The molecule has 3 nitrogen and oxygen atoms in total. The summed E-state index contributed by atoms with van der Waals surface area (Å²) in [4.78, 5) is 2.42. The molecule has 0 bridgehead atoms. The van der Waals surface area contributed by atoms with Crippen molar-refractivity contribution in [3.05, 3.63) is 0 Å². The van der Waals surface area contributed by atoms with Crippen LogP contribution in [0.25, 0.3) is 0 Å². The zero-order valence-electron chi connectivity index (χ0n) is 11.3. The molecule has 1 atom stereocenters. The summed E-state index contributed by atoms with van der Waals surface area (Å²) in [7, 11) is 2.21. The lowest BCUT2D eigenvalue weighted by molar-refractivity contribution is 0.266. The number of hydrogen-bond acceptors (Lipinski definition) is 3. The van der Waals surface area contributed by atoms with Gasteiger partial charge < -0.3 is 15.5 Å². The molecule has 0 aromatic rings. The Labute approximate surface area is 101 Å². The van der Waals surface area contributed by atoms with Crippen molar-refractivity contribution in [3.8, 4) is 0 Å². The predicted molar refractivity (Wildman–Crippen MR) is 70.9 cm³/mol. The molecule has 1 rings (SSSR count). The first-order chi connectivity index (χ1) is 7.70. The molecule has 1 aliphatic heterocycles. The molecule has 0 amide bonds. The standard InChI is InChI=1S/C13H29N3/c1-12(2)16(3)10-5-4-9-15-13-7-6-8-14-11-13/h12-15H,4-11H2,1-3H3. The van der Waals surface area contributed by atoms with Gasteiger partial charge in [0.15, 0.2) is 0 Å². The monoisotopic (exact) mass is 227 g/mol. The van der Waals surface area contributed by atoms with Crippen LogP contribution in [-0.2, 0) is 0 Å². The highest BCUT2D eigenvalue weighted by Crippen LogP contribution is 2.02. The molecule has 0 radical (unpaired) electrons. The van der Waals surface area contributed by atoms with E-state index in [0.717, 1.165) is 12.6 Å². The molecule has 96 valence electrons. The van der Waals surface area contributed by atoms with Crippen LogP contribution in [0, 0.1) is 0 Å². The van der Waals surface area contributed by atoms with Gasteiger partial charge in [0.25, 0.3) is 0 Å². The summed E-state index contributed by atoms with van der Waals surface area (Å²) in [5, 5.41) is 7.08. The molecule has 1 unspecified atom stereocenters. The van der Waals surface area contributed by atoms with Crippen LogP contribution in [0.4, 0.5) is 0 Å². The van der Waals surface area contributed by atoms with E-state index < -0.39 is 0 Å². The lowest BCUT2D eigenvalue weighted by Gasteiger charge is -2.24. The van der Waals surface area contributed by atoms with Gasteiger partial charge in [-0.05, 0) is 66.2 Å². The molecule has 0 aromatic heterocycles. The van der Waals surface area contributed by atoms with Crippen molar-refractivity contribution in [2.45, 2.75) is 51.6 Å². The zero-order valence-corrected chi connectivity index (χ0v) is 11.3. The maximum absolute atomic E-state index is 3.64. The van der Waals surface area contributed by atoms with Crippen LogP contribution < -0.4 is 10.6 Å². The summed E-state index contributed by atoms with van der Waals surface area (Å²) >= 11 is 0. The van der Waals surface area contributed by atoms with Crippen molar-refractivity contribution in [2.24, 2.45) is 0 Å². The summed E-state index contributed by atoms with van der Waals surface area (Å²) in [6.07, 6.45) is 5.28. The predicted octanol–water partition coefficient (Wildman–Crippen LogP) is 1.45. The fraction of sp³-hybridized carbons (Fsp3) is 1.00. The lowest BCUT2D eigenvalue weighted by atomic mass is 10.1. The van der Waals surface area contributed by atoms with Crippen molar-refractivity contribution in [3.63, 3.8) is 0 Å². The average molecular weight is 227 g/mol. The molecule has 3 heteroatoms. The van der Waals surface area contributed by atoms with Gasteiger partial charge in [-0.15, -0.1) is 0 Å². The smallest absolute Gasteiger partial charge is 0.0192 e. The van der Waals surface area contributed by atoms with Crippen LogP contribution in [0.15, 0.2) is 0 Å². The Hall–Kier alpha value is -0.120. The van der Waals surface area contributed by atoms with Crippen LogP contribution in [-0.4, -0.2) is 50.2 Å². The molecule has 0 spiro atoms. The van der Waals surface area contributed by atoms with E-state index in [1.807, 2.05) is 0 Å². The second kappa shape index (κ2) is 8.04. The Morgan fingerprint density at radius 1 is 1.38 bits per heavy atom. The van der Waals surface area contributed by atoms with Crippen molar-refractivity contribution in [1.82, 2.24) is 15.5 Å². The van der Waals surface area contributed by atoms with Crippen molar-refractivity contribution in [2.75, 3.05) is 33.2 Å². The van der Waals surface area contributed by atoms with Crippen molar-refractivity contribution in [1.29, 1.82) is 0 Å². The maximum Gasteiger partial charge on any atom is 0.0192 e. The van der Waals surface area contributed by atoms with Crippen LogP contribution >= 0.6 is 0 Å². The van der Waals surface area contributed by atoms with Gasteiger partial charge in [-0.2, -0.15) is 0 Å². The highest BCUT2D eigenvalue weighted by Gasteiger charge is 2.11. The fourth-order valence-corrected chi connectivity index (χ4v) is 2.08. The second-order valence-corrected chi connectivity index (χ2v) is 5.28. The quantitative estimate of drug-likeness (QED) is 0.645. The first kappa shape index (κ1) is 13.9. The largest absolute Gasteiger partial charge is 0.315 e. The summed E-state index contributed by atoms with van der Waals surface area (Å²) in [6, 6.07) is 1.40. The van der Waals surface area contributed by atoms with E-state index in [2.05, 4.69) is 36.4 Å². The Morgan fingerprint density at radius 3 is 2.81 bits per heavy atom. The minimum atomic E-state index is 0.676. The van der Waals surface area contributed by atoms with Gasteiger partial charge in [0.2, 0.25) is 0 Å². The number of rotatable bonds is 7.